The van der Waals surface area contributed by atoms with Crippen LogP contribution in [0.15, 0.2) is 93.4 Å². The number of hydrogen-bond acceptors (Lipinski definition) is 5. The van der Waals surface area contributed by atoms with E-state index in [1.54, 1.807) is 36.2 Å². The molecule has 5 nitrogen and oxygen atoms in total. The number of phenolic OH excluding ortho intramolecular Hbond substituents is 1. The molecule has 0 unspecified atom stereocenters. The second kappa shape index (κ2) is 9.09. The average molecular weight is 494 g/mol. The monoisotopic (exact) mass is 493 g/mol. The molecule has 2 atom stereocenters. The summed E-state index contributed by atoms with van der Waals surface area (Å²) in [6, 6.07) is 22.2. The van der Waals surface area contributed by atoms with E-state index in [2.05, 4.69) is 41.5 Å². The zero-order valence-corrected chi connectivity index (χ0v) is 20.0. The second-order valence-electron chi connectivity index (χ2n) is 7.70. The Kier molecular flexibility index (Phi) is 6.01. The summed E-state index contributed by atoms with van der Waals surface area (Å²) in [6.45, 7) is 2.06. The molecule has 2 N–H and O–H groups in total. The number of benzene rings is 2. The number of aromatic hydroxyl groups is 1. The molecule has 1 saturated heterocycles. The number of rotatable bonds is 5. The number of thiocarbonyl (C=S) groups is 1. The predicted molar refractivity (Wildman–Crippen MR) is 135 cm³/mol. The van der Waals surface area contributed by atoms with Gasteiger partial charge in [0.25, 0.3) is 0 Å². The largest absolute Gasteiger partial charge is 0.506 e. The number of phenols is 1. The van der Waals surface area contributed by atoms with Crippen LogP contribution in [0, 0.1) is 6.92 Å². The van der Waals surface area contributed by atoms with Gasteiger partial charge in [0.1, 0.15) is 17.6 Å². The molecule has 2 aromatic heterocycles. The number of anilines is 1. The van der Waals surface area contributed by atoms with Crippen LogP contribution < -0.4 is 10.2 Å². The van der Waals surface area contributed by atoms with Gasteiger partial charge in [-0.3, -0.25) is 4.98 Å². The molecule has 2 aromatic carbocycles. The molecule has 0 aliphatic carbocycles. The first-order valence-electron chi connectivity index (χ1n) is 10.3. The quantitative estimate of drug-likeness (QED) is 0.301. The molecule has 3 heterocycles. The summed E-state index contributed by atoms with van der Waals surface area (Å²) in [5.74, 6) is 0.781. The van der Waals surface area contributed by atoms with Crippen molar-refractivity contribution in [1.82, 2.24) is 10.3 Å². The van der Waals surface area contributed by atoms with E-state index in [1.165, 1.54) is 5.56 Å². The maximum atomic E-state index is 10.6. The molecule has 0 saturated carbocycles. The van der Waals surface area contributed by atoms with Crippen molar-refractivity contribution >= 4 is 46.4 Å². The minimum absolute atomic E-state index is 0.0797. The Balaban J connectivity index is 1.55. The van der Waals surface area contributed by atoms with Crippen molar-refractivity contribution in [2.75, 3.05) is 4.90 Å². The van der Waals surface area contributed by atoms with Crippen LogP contribution in [0.4, 0.5) is 5.69 Å². The highest BCUT2D eigenvalue weighted by molar-refractivity contribution is 7.99. The van der Waals surface area contributed by atoms with Crippen LogP contribution >= 0.6 is 35.6 Å². The van der Waals surface area contributed by atoms with E-state index in [9.17, 15) is 5.11 Å². The lowest BCUT2D eigenvalue weighted by Crippen LogP contribution is -2.29. The maximum Gasteiger partial charge on any atom is 0.174 e. The van der Waals surface area contributed by atoms with Crippen molar-refractivity contribution in [2.24, 2.45) is 0 Å². The molecule has 0 bridgehead atoms. The number of aromatic nitrogens is 1. The molecule has 5 rings (SSSR count). The van der Waals surface area contributed by atoms with Crippen LogP contribution in [0.1, 0.15) is 29.1 Å². The lowest BCUT2D eigenvalue weighted by atomic mass is 10.0. The number of nitrogens with one attached hydrogen (secondary N) is 1. The zero-order chi connectivity index (χ0) is 22.9. The first-order chi connectivity index (χ1) is 16.0. The third kappa shape index (κ3) is 4.44. The van der Waals surface area contributed by atoms with Gasteiger partial charge in [-0.05, 0) is 73.7 Å². The Hall–Kier alpha value is -3.00. The number of pyridine rings is 1. The van der Waals surface area contributed by atoms with Gasteiger partial charge < -0.3 is 19.7 Å². The third-order valence-corrected chi connectivity index (χ3v) is 6.91. The fourth-order valence-electron chi connectivity index (χ4n) is 3.86. The van der Waals surface area contributed by atoms with Crippen LogP contribution in [0.2, 0.25) is 5.02 Å². The van der Waals surface area contributed by atoms with E-state index in [0.717, 1.165) is 15.7 Å². The Labute approximate surface area is 206 Å². The number of nitrogens with zero attached hydrogens (tertiary/aromatic N) is 2. The predicted octanol–water partition coefficient (Wildman–Crippen LogP) is 6.67. The Morgan fingerprint density at radius 1 is 1.09 bits per heavy atom. The molecule has 33 heavy (non-hydrogen) atoms. The molecule has 0 radical (unpaired) electrons. The van der Waals surface area contributed by atoms with Crippen LogP contribution in [0.5, 0.6) is 5.75 Å². The van der Waals surface area contributed by atoms with Crippen LogP contribution in [0.3, 0.4) is 0 Å². The van der Waals surface area contributed by atoms with E-state index >= 15 is 0 Å². The van der Waals surface area contributed by atoms with Crippen LogP contribution in [-0.4, -0.2) is 15.2 Å². The zero-order valence-electron chi connectivity index (χ0n) is 17.6. The topological polar surface area (TPSA) is 61.5 Å². The fourth-order valence-corrected chi connectivity index (χ4v) is 5.15. The summed E-state index contributed by atoms with van der Waals surface area (Å²) in [5, 5.41) is 15.7. The number of halogens is 1. The minimum atomic E-state index is -0.371. The van der Waals surface area contributed by atoms with Gasteiger partial charge in [-0.15, -0.1) is 0 Å². The van der Waals surface area contributed by atoms with Gasteiger partial charge in [0.15, 0.2) is 10.2 Å². The van der Waals surface area contributed by atoms with Gasteiger partial charge in [0.05, 0.1) is 17.4 Å². The van der Waals surface area contributed by atoms with Crippen LogP contribution in [0.25, 0.3) is 0 Å². The van der Waals surface area contributed by atoms with Gasteiger partial charge in [0, 0.05) is 16.1 Å². The highest BCUT2D eigenvalue weighted by Gasteiger charge is 2.43. The Morgan fingerprint density at radius 2 is 1.91 bits per heavy atom. The number of aryl methyl sites for hydroxylation is 1. The fraction of sp³-hybridized carbons (Fsp3) is 0.120. The highest BCUT2D eigenvalue weighted by Crippen LogP contribution is 2.46. The van der Waals surface area contributed by atoms with Gasteiger partial charge in [-0.1, -0.05) is 47.1 Å². The summed E-state index contributed by atoms with van der Waals surface area (Å²) in [5.41, 5.74) is 2.53. The summed E-state index contributed by atoms with van der Waals surface area (Å²) in [4.78, 5) is 7.47. The molecule has 4 aromatic rings. The van der Waals surface area contributed by atoms with Crippen molar-refractivity contribution in [3.8, 4) is 5.75 Å². The minimum Gasteiger partial charge on any atom is -0.506 e. The molecule has 0 amide bonds. The molecular formula is C25H20ClN3O2S2. The highest BCUT2D eigenvalue weighted by atomic mass is 35.5. The molecule has 0 spiro atoms. The summed E-state index contributed by atoms with van der Waals surface area (Å²) < 4.78 is 6.30. The molecule has 1 fully saturated rings. The summed E-state index contributed by atoms with van der Waals surface area (Å²) in [7, 11) is 0. The lowest BCUT2D eigenvalue weighted by Gasteiger charge is -2.26. The molecule has 166 valence electrons. The van der Waals surface area contributed by atoms with E-state index in [0.29, 0.717) is 21.6 Å². The lowest BCUT2D eigenvalue weighted by molar-refractivity contribution is 0.382. The van der Waals surface area contributed by atoms with E-state index in [1.807, 2.05) is 35.2 Å². The van der Waals surface area contributed by atoms with E-state index in [4.69, 9.17) is 28.2 Å². The van der Waals surface area contributed by atoms with Crippen LogP contribution in [-0.2, 0) is 0 Å². The van der Waals surface area contributed by atoms with Gasteiger partial charge >= 0.3 is 0 Å². The Morgan fingerprint density at radius 3 is 2.67 bits per heavy atom. The molecule has 1 aliphatic heterocycles. The van der Waals surface area contributed by atoms with Crippen molar-refractivity contribution < 1.29 is 9.52 Å². The maximum absolute atomic E-state index is 10.6. The number of furan rings is 1. The first-order valence-corrected chi connectivity index (χ1v) is 11.9. The van der Waals surface area contributed by atoms with Crippen molar-refractivity contribution in [2.45, 2.75) is 29.0 Å². The summed E-state index contributed by atoms with van der Waals surface area (Å²) >= 11 is 13.5. The van der Waals surface area contributed by atoms with E-state index in [-0.39, 0.29) is 17.8 Å². The third-order valence-electron chi connectivity index (χ3n) is 5.43. The smallest absolute Gasteiger partial charge is 0.174 e. The first kappa shape index (κ1) is 21.8. The molecule has 1 aliphatic rings. The summed E-state index contributed by atoms with van der Waals surface area (Å²) in [6.07, 6.45) is 1.75. The number of hydrogen-bond donors (Lipinski definition) is 2. The van der Waals surface area contributed by atoms with Gasteiger partial charge in [-0.2, -0.15) is 0 Å². The van der Waals surface area contributed by atoms with E-state index < -0.39 is 0 Å². The van der Waals surface area contributed by atoms with Crippen molar-refractivity contribution in [3.05, 3.63) is 101 Å². The normalized spacial score (nSPS) is 17.9. The van der Waals surface area contributed by atoms with Gasteiger partial charge in [-0.25, -0.2) is 0 Å². The average Bonchev–Trinajstić information content (AvgIpc) is 3.41. The van der Waals surface area contributed by atoms with Crippen molar-refractivity contribution in [1.29, 1.82) is 0 Å². The molecule has 8 heteroatoms. The van der Waals surface area contributed by atoms with Gasteiger partial charge in [0.2, 0.25) is 0 Å². The SMILES string of the molecule is Cc1ccc(Sc2ccc([C@H]3[C@@H](c4ccccn4)NC(=S)N3c3cc(Cl)ccc3O)o2)cc1. The Bertz CT molecular complexity index is 1290. The van der Waals surface area contributed by atoms with Crippen molar-refractivity contribution in [3.63, 3.8) is 0 Å². The standard InChI is InChI=1S/C25H20ClN3O2S2/c1-15-5-8-17(9-6-15)33-22-12-11-21(31-22)24-23(18-4-2-3-13-27-18)28-25(32)29(24)19-14-16(26)7-10-20(19)30/h2-14,23-24,30H,1H3,(H,28,32)/t23-,24+/m1/s1. The second-order valence-corrected chi connectivity index (χ2v) is 9.60. The molecular weight excluding hydrogens is 474 g/mol.